The lowest BCUT2D eigenvalue weighted by molar-refractivity contribution is -0.385. The van der Waals surface area contributed by atoms with Crippen LogP contribution in [-0.4, -0.2) is 46.6 Å². The van der Waals surface area contributed by atoms with Gasteiger partial charge in [-0.05, 0) is 19.5 Å². The first kappa shape index (κ1) is 15.6. The van der Waals surface area contributed by atoms with Crippen molar-refractivity contribution < 1.29 is 9.45 Å². The quantitative estimate of drug-likeness (QED) is 0.678. The SMILES string of the molecule is CCc1ccc(-c2nc(C3CNCCN3C)no2)cc1[N+](=O)[O-]. The van der Waals surface area contributed by atoms with Gasteiger partial charge in [-0.3, -0.25) is 15.0 Å². The highest BCUT2D eigenvalue weighted by Gasteiger charge is 2.26. The van der Waals surface area contributed by atoms with Crippen LogP contribution >= 0.6 is 0 Å². The van der Waals surface area contributed by atoms with Crippen LogP contribution < -0.4 is 5.32 Å². The molecule has 1 aliphatic rings. The van der Waals surface area contributed by atoms with E-state index in [0.717, 1.165) is 19.6 Å². The normalized spacial score (nSPS) is 19.0. The number of nitro groups is 1. The number of aryl methyl sites for hydroxylation is 1. The summed E-state index contributed by atoms with van der Waals surface area (Å²) in [6, 6.07) is 5.07. The third kappa shape index (κ3) is 3.08. The van der Waals surface area contributed by atoms with Gasteiger partial charge >= 0.3 is 0 Å². The van der Waals surface area contributed by atoms with Gasteiger partial charge in [0.25, 0.3) is 11.6 Å². The molecule has 2 aromatic rings. The molecule has 3 rings (SSSR count). The molecule has 0 spiro atoms. The summed E-state index contributed by atoms with van der Waals surface area (Å²) < 4.78 is 5.32. The second-order valence-corrected chi connectivity index (χ2v) is 5.61. The number of aromatic nitrogens is 2. The summed E-state index contributed by atoms with van der Waals surface area (Å²) in [6.07, 6.45) is 0.601. The summed E-state index contributed by atoms with van der Waals surface area (Å²) in [4.78, 5) is 17.4. The van der Waals surface area contributed by atoms with Crippen molar-refractivity contribution in [3.8, 4) is 11.5 Å². The maximum atomic E-state index is 11.2. The van der Waals surface area contributed by atoms with Crippen LogP contribution in [0, 0.1) is 10.1 Å². The average Bonchev–Trinajstić information content (AvgIpc) is 3.04. The van der Waals surface area contributed by atoms with Gasteiger partial charge in [-0.2, -0.15) is 4.98 Å². The lowest BCUT2D eigenvalue weighted by atomic mass is 10.1. The molecule has 1 saturated heterocycles. The van der Waals surface area contributed by atoms with E-state index in [0.29, 0.717) is 29.3 Å². The molecule has 1 aliphatic heterocycles. The van der Waals surface area contributed by atoms with Crippen LogP contribution in [0.25, 0.3) is 11.5 Å². The predicted molar refractivity (Wildman–Crippen MR) is 84.0 cm³/mol. The van der Waals surface area contributed by atoms with Crippen molar-refractivity contribution in [1.29, 1.82) is 0 Å². The Morgan fingerprint density at radius 3 is 3.04 bits per heavy atom. The van der Waals surface area contributed by atoms with Crippen molar-refractivity contribution in [2.24, 2.45) is 0 Å². The molecule has 8 heteroatoms. The number of nitro benzene ring substituents is 1. The van der Waals surface area contributed by atoms with E-state index in [1.165, 1.54) is 6.07 Å². The molecule has 1 unspecified atom stereocenters. The standard InChI is InChI=1S/C15H19N5O3/c1-3-10-4-5-11(8-12(10)20(21)22)15-17-14(18-23-15)13-9-16-6-7-19(13)2/h4-5,8,13,16H,3,6-7,9H2,1-2H3. The highest BCUT2D eigenvalue weighted by molar-refractivity contribution is 5.60. The Morgan fingerprint density at radius 2 is 2.35 bits per heavy atom. The first-order valence-electron chi connectivity index (χ1n) is 7.62. The second-order valence-electron chi connectivity index (χ2n) is 5.61. The maximum absolute atomic E-state index is 11.2. The van der Waals surface area contributed by atoms with Gasteiger partial charge in [0.15, 0.2) is 5.82 Å². The molecule has 1 fully saturated rings. The van der Waals surface area contributed by atoms with Crippen molar-refractivity contribution >= 4 is 5.69 Å². The Morgan fingerprint density at radius 1 is 1.52 bits per heavy atom. The fraction of sp³-hybridized carbons (Fsp3) is 0.467. The zero-order valence-electron chi connectivity index (χ0n) is 13.2. The van der Waals surface area contributed by atoms with Crippen molar-refractivity contribution in [3.05, 3.63) is 39.7 Å². The highest BCUT2D eigenvalue weighted by atomic mass is 16.6. The molecule has 8 nitrogen and oxygen atoms in total. The van der Waals surface area contributed by atoms with Crippen LogP contribution in [0.1, 0.15) is 24.4 Å². The third-order valence-electron chi connectivity index (χ3n) is 4.16. The first-order valence-corrected chi connectivity index (χ1v) is 7.62. The van der Waals surface area contributed by atoms with Gasteiger partial charge in [0.05, 0.1) is 11.0 Å². The Balaban J connectivity index is 1.91. The lowest BCUT2D eigenvalue weighted by Gasteiger charge is -2.30. The van der Waals surface area contributed by atoms with Crippen LogP contribution in [-0.2, 0) is 6.42 Å². The summed E-state index contributed by atoms with van der Waals surface area (Å²) in [6.45, 7) is 4.48. The minimum absolute atomic E-state index is 0.0474. The molecule has 0 amide bonds. The molecule has 0 aliphatic carbocycles. The van der Waals surface area contributed by atoms with E-state index in [4.69, 9.17) is 4.52 Å². The summed E-state index contributed by atoms with van der Waals surface area (Å²) in [5.41, 5.74) is 1.34. The topological polar surface area (TPSA) is 97.3 Å². The van der Waals surface area contributed by atoms with E-state index >= 15 is 0 Å². The summed E-state index contributed by atoms with van der Waals surface area (Å²) in [5.74, 6) is 0.904. The number of piperazine rings is 1. The Hall–Kier alpha value is -2.32. The smallest absolute Gasteiger partial charge is 0.273 e. The average molecular weight is 317 g/mol. The molecule has 1 atom stereocenters. The zero-order chi connectivity index (χ0) is 16.4. The monoisotopic (exact) mass is 317 g/mol. The van der Waals surface area contributed by atoms with E-state index in [9.17, 15) is 10.1 Å². The van der Waals surface area contributed by atoms with Crippen LogP contribution in [0.5, 0.6) is 0 Å². The van der Waals surface area contributed by atoms with Gasteiger partial charge in [-0.15, -0.1) is 0 Å². The number of rotatable bonds is 4. The van der Waals surface area contributed by atoms with Gasteiger partial charge in [0.1, 0.15) is 0 Å². The molecule has 2 heterocycles. The second kappa shape index (κ2) is 6.43. The van der Waals surface area contributed by atoms with E-state index in [2.05, 4.69) is 20.4 Å². The molecule has 1 aromatic carbocycles. The molecule has 1 N–H and O–H groups in total. The Bertz CT molecular complexity index is 715. The highest BCUT2D eigenvalue weighted by Crippen LogP contribution is 2.28. The van der Waals surface area contributed by atoms with Crippen LogP contribution in [0.2, 0.25) is 0 Å². The fourth-order valence-electron chi connectivity index (χ4n) is 2.75. The van der Waals surface area contributed by atoms with Gasteiger partial charge in [-0.25, -0.2) is 0 Å². The number of nitrogens with zero attached hydrogens (tertiary/aromatic N) is 4. The van der Waals surface area contributed by atoms with E-state index in [1.54, 1.807) is 12.1 Å². The number of benzene rings is 1. The summed E-state index contributed by atoms with van der Waals surface area (Å²) in [7, 11) is 2.02. The molecule has 0 radical (unpaired) electrons. The summed E-state index contributed by atoms with van der Waals surface area (Å²) >= 11 is 0. The van der Waals surface area contributed by atoms with Crippen LogP contribution in [0.15, 0.2) is 22.7 Å². The number of hydrogen-bond acceptors (Lipinski definition) is 7. The number of likely N-dealkylation sites (N-methyl/N-ethyl adjacent to an activating group) is 1. The molecular weight excluding hydrogens is 298 g/mol. The molecule has 122 valence electrons. The van der Waals surface area contributed by atoms with E-state index < -0.39 is 0 Å². The number of nitrogens with one attached hydrogen (secondary N) is 1. The third-order valence-corrected chi connectivity index (χ3v) is 4.16. The summed E-state index contributed by atoms with van der Waals surface area (Å²) in [5, 5.41) is 18.5. The van der Waals surface area contributed by atoms with Crippen LogP contribution in [0.3, 0.4) is 0 Å². The van der Waals surface area contributed by atoms with Crippen molar-refractivity contribution in [1.82, 2.24) is 20.4 Å². The predicted octanol–water partition coefficient (Wildman–Crippen LogP) is 1.78. The minimum atomic E-state index is -0.377. The fourth-order valence-corrected chi connectivity index (χ4v) is 2.75. The zero-order valence-corrected chi connectivity index (χ0v) is 13.2. The lowest BCUT2D eigenvalue weighted by Crippen LogP contribution is -2.44. The number of hydrogen-bond donors (Lipinski definition) is 1. The van der Waals surface area contributed by atoms with Gasteiger partial charge < -0.3 is 9.84 Å². The minimum Gasteiger partial charge on any atom is -0.334 e. The van der Waals surface area contributed by atoms with E-state index in [1.807, 2.05) is 14.0 Å². The van der Waals surface area contributed by atoms with Gasteiger partial charge in [0, 0.05) is 36.8 Å². The maximum Gasteiger partial charge on any atom is 0.273 e. The van der Waals surface area contributed by atoms with Crippen molar-refractivity contribution in [3.63, 3.8) is 0 Å². The molecule has 0 bridgehead atoms. The molecule has 1 aromatic heterocycles. The molecular formula is C15H19N5O3. The van der Waals surface area contributed by atoms with Crippen molar-refractivity contribution in [2.75, 3.05) is 26.7 Å². The van der Waals surface area contributed by atoms with E-state index in [-0.39, 0.29) is 16.7 Å². The Kier molecular flexibility index (Phi) is 4.35. The van der Waals surface area contributed by atoms with Gasteiger partial charge in [0.2, 0.25) is 0 Å². The van der Waals surface area contributed by atoms with Crippen LogP contribution in [0.4, 0.5) is 5.69 Å². The molecule has 0 saturated carbocycles. The van der Waals surface area contributed by atoms with Gasteiger partial charge in [-0.1, -0.05) is 18.1 Å². The first-order chi connectivity index (χ1) is 11.1. The van der Waals surface area contributed by atoms with Crippen molar-refractivity contribution in [2.45, 2.75) is 19.4 Å². The largest absolute Gasteiger partial charge is 0.334 e. The molecule has 23 heavy (non-hydrogen) atoms. The Labute approximate surface area is 133 Å².